The van der Waals surface area contributed by atoms with Crippen LogP contribution >= 0.6 is 0 Å². The van der Waals surface area contributed by atoms with E-state index >= 15 is 0 Å². The number of amides is 1. The monoisotopic (exact) mass is 488 g/mol. The standard InChI is InChI=1S/C29H32N2O5/c1-35-28-14-23(8-9-27(28)36-18-19-2-4-21(5-3-19)22-6-7-22)24-15-31(16-24)29(34)26-13-20(10-11-30-26)12-25(33)17-32/h2-5,8-11,13-14,22,24-25,32-33H,6-7,12,15-18H2,1H3. The predicted octanol–water partition coefficient (Wildman–Crippen LogP) is 3.68. The van der Waals surface area contributed by atoms with Crippen LogP contribution in [0.3, 0.4) is 0 Å². The average molecular weight is 489 g/mol. The van der Waals surface area contributed by atoms with Crippen molar-refractivity contribution in [2.24, 2.45) is 0 Å². The zero-order valence-electron chi connectivity index (χ0n) is 20.5. The molecular weight excluding hydrogens is 456 g/mol. The molecule has 36 heavy (non-hydrogen) atoms. The highest BCUT2D eigenvalue weighted by Crippen LogP contribution is 2.40. The summed E-state index contributed by atoms with van der Waals surface area (Å²) in [5, 5.41) is 18.7. The van der Waals surface area contributed by atoms with Gasteiger partial charge in [-0.2, -0.15) is 0 Å². The number of aliphatic hydroxyl groups excluding tert-OH is 2. The van der Waals surface area contributed by atoms with Crippen molar-refractivity contribution in [1.82, 2.24) is 9.88 Å². The van der Waals surface area contributed by atoms with E-state index in [1.165, 1.54) is 18.4 Å². The Morgan fingerprint density at radius 1 is 1.00 bits per heavy atom. The highest BCUT2D eigenvalue weighted by molar-refractivity contribution is 5.93. The fraction of sp³-hybridized carbons (Fsp3) is 0.379. The van der Waals surface area contributed by atoms with Gasteiger partial charge in [-0.1, -0.05) is 30.3 Å². The van der Waals surface area contributed by atoms with Crippen molar-refractivity contribution in [2.45, 2.75) is 43.8 Å². The third-order valence-corrected chi connectivity index (χ3v) is 6.98. The summed E-state index contributed by atoms with van der Waals surface area (Å²) in [5.74, 6) is 2.21. The molecule has 2 heterocycles. The molecule has 7 heteroatoms. The number of methoxy groups -OCH3 is 1. The van der Waals surface area contributed by atoms with E-state index in [1.807, 2.05) is 18.2 Å². The van der Waals surface area contributed by atoms with E-state index in [1.54, 1.807) is 30.3 Å². The van der Waals surface area contributed by atoms with E-state index in [2.05, 4.69) is 29.2 Å². The number of carbonyl (C=O) groups is 1. The highest BCUT2D eigenvalue weighted by atomic mass is 16.5. The van der Waals surface area contributed by atoms with Gasteiger partial charge in [0.25, 0.3) is 5.91 Å². The fourth-order valence-corrected chi connectivity index (χ4v) is 4.59. The summed E-state index contributed by atoms with van der Waals surface area (Å²) < 4.78 is 11.6. The van der Waals surface area contributed by atoms with E-state index in [0.717, 1.165) is 22.6 Å². The Hall–Kier alpha value is -3.42. The lowest BCUT2D eigenvalue weighted by molar-refractivity contribution is 0.0595. The molecule has 1 saturated carbocycles. The van der Waals surface area contributed by atoms with Crippen molar-refractivity contribution in [3.8, 4) is 11.5 Å². The molecule has 3 aromatic rings. The van der Waals surface area contributed by atoms with Gasteiger partial charge in [0.1, 0.15) is 12.3 Å². The smallest absolute Gasteiger partial charge is 0.272 e. The van der Waals surface area contributed by atoms with Gasteiger partial charge in [-0.15, -0.1) is 0 Å². The zero-order chi connectivity index (χ0) is 25.1. The molecule has 1 unspecified atom stereocenters. The van der Waals surface area contributed by atoms with Gasteiger partial charge in [-0.25, -0.2) is 0 Å². The number of aliphatic hydroxyl groups is 2. The summed E-state index contributed by atoms with van der Waals surface area (Å²) in [7, 11) is 1.64. The van der Waals surface area contributed by atoms with Crippen LogP contribution in [-0.2, 0) is 13.0 Å². The molecule has 2 aromatic carbocycles. The van der Waals surface area contributed by atoms with Crippen molar-refractivity contribution >= 4 is 5.91 Å². The van der Waals surface area contributed by atoms with Crippen LogP contribution in [0.1, 0.15) is 57.4 Å². The molecule has 188 valence electrons. The minimum absolute atomic E-state index is 0.133. The van der Waals surface area contributed by atoms with Gasteiger partial charge in [-0.3, -0.25) is 9.78 Å². The fourth-order valence-electron chi connectivity index (χ4n) is 4.59. The van der Waals surface area contributed by atoms with Crippen LogP contribution in [0.4, 0.5) is 0 Å². The van der Waals surface area contributed by atoms with E-state index in [9.17, 15) is 9.90 Å². The van der Waals surface area contributed by atoms with Crippen LogP contribution in [0.2, 0.25) is 0 Å². The summed E-state index contributed by atoms with van der Waals surface area (Å²) in [5.41, 5.74) is 4.76. The summed E-state index contributed by atoms with van der Waals surface area (Å²) >= 11 is 0. The van der Waals surface area contributed by atoms with Gasteiger partial charge in [0.05, 0.1) is 19.8 Å². The number of pyridine rings is 1. The number of rotatable bonds is 10. The third kappa shape index (κ3) is 5.53. The number of hydrogen-bond acceptors (Lipinski definition) is 6. The third-order valence-electron chi connectivity index (χ3n) is 6.98. The second kappa shape index (κ2) is 10.7. The maximum absolute atomic E-state index is 12.9. The first-order chi connectivity index (χ1) is 17.5. The summed E-state index contributed by atoms with van der Waals surface area (Å²) in [4.78, 5) is 18.8. The molecule has 5 rings (SSSR count). The molecule has 2 N–H and O–H groups in total. The van der Waals surface area contributed by atoms with Gasteiger partial charge < -0.3 is 24.6 Å². The Morgan fingerprint density at radius 2 is 1.75 bits per heavy atom. The van der Waals surface area contributed by atoms with Crippen LogP contribution in [-0.4, -0.2) is 58.9 Å². The minimum Gasteiger partial charge on any atom is -0.493 e. The Kier molecular flexibility index (Phi) is 7.20. The number of carbonyl (C=O) groups excluding carboxylic acids is 1. The quantitative estimate of drug-likeness (QED) is 0.452. The molecule has 1 saturated heterocycles. The van der Waals surface area contributed by atoms with Gasteiger partial charge in [0, 0.05) is 31.6 Å². The van der Waals surface area contributed by atoms with Crippen LogP contribution in [0, 0.1) is 0 Å². The first-order valence-electron chi connectivity index (χ1n) is 12.5. The average Bonchev–Trinajstić information content (AvgIpc) is 3.73. The van der Waals surface area contributed by atoms with Crippen LogP contribution < -0.4 is 9.47 Å². The SMILES string of the molecule is COc1cc(C2CN(C(=O)c3cc(CC(O)CO)ccn3)C2)ccc1OCc1ccc(C2CC2)cc1. The maximum Gasteiger partial charge on any atom is 0.272 e. The molecule has 1 aliphatic carbocycles. The lowest BCUT2D eigenvalue weighted by Gasteiger charge is -2.39. The van der Waals surface area contributed by atoms with Crippen LogP contribution in [0.5, 0.6) is 11.5 Å². The predicted molar refractivity (Wildman–Crippen MR) is 135 cm³/mol. The summed E-state index contributed by atoms with van der Waals surface area (Å²) in [6.45, 7) is 1.36. The number of nitrogens with zero attached hydrogens (tertiary/aromatic N) is 2. The number of likely N-dealkylation sites (tertiary alicyclic amines) is 1. The van der Waals surface area contributed by atoms with E-state index in [0.29, 0.717) is 36.9 Å². The number of benzene rings is 2. The first kappa shape index (κ1) is 24.3. The minimum atomic E-state index is -0.849. The normalized spacial score (nSPS) is 16.4. The molecule has 1 amide bonds. The summed E-state index contributed by atoms with van der Waals surface area (Å²) in [6, 6.07) is 18.1. The summed E-state index contributed by atoms with van der Waals surface area (Å²) in [6.07, 6.45) is 3.59. The molecule has 7 nitrogen and oxygen atoms in total. The molecule has 1 atom stereocenters. The van der Waals surface area contributed by atoms with E-state index < -0.39 is 6.10 Å². The topological polar surface area (TPSA) is 92.1 Å². The lowest BCUT2D eigenvalue weighted by atomic mass is 9.90. The molecule has 1 aliphatic heterocycles. The Bertz CT molecular complexity index is 1200. The molecule has 2 fully saturated rings. The molecular formula is C29H32N2O5. The Balaban J connectivity index is 1.17. The molecule has 0 radical (unpaired) electrons. The highest BCUT2D eigenvalue weighted by Gasteiger charge is 2.33. The number of aromatic nitrogens is 1. The second-order valence-corrected chi connectivity index (χ2v) is 9.71. The first-order valence-corrected chi connectivity index (χ1v) is 12.5. The van der Waals surface area contributed by atoms with Gasteiger partial charge in [0.2, 0.25) is 0 Å². The zero-order valence-corrected chi connectivity index (χ0v) is 20.5. The lowest BCUT2D eigenvalue weighted by Crippen LogP contribution is -2.48. The van der Waals surface area contributed by atoms with Crippen molar-refractivity contribution in [3.05, 3.63) is 88.7 Å². The van der Waals surface area contributed by atoms with Crippen LogP contribution in [0.15, 0.2) is 60.8 Å². The molecule has 0 bridgehead atoms. The largest absolute Gasteiger partial charge is 0.493 e. The van der Waals surface area contributed by atoms with Crippen molar-refractivity contribution < 1.29 is 24.5 Å². The van der Waals surface area contributed by atoms with Crippen LogP contribution in [0.25, 0.3) is 0 Å². The maximum atomic E-state index is 12.9. The van der Waals surface area contributed by atoms with Gasteiger partial charge in [0.15, 0.2) is 11.5 Å². The second-order valence-electron chi connectivity index (χ2n) is 9.71. The van der Waals surface area contributed by atoms with Crippen molar-refractivity contribution in [1.29, 1.82) is 0 Å². The van der Waals surface area contributed by atoms with E-state index in [-0.39, 0.29) is 24.9 Å². The molecule has 0 spiro atoms. The molecule has 2 aliphatic rings. The number of ether oxygens (including phenoxy) is 2. The van der Waals surface area contributed by atoms with Gasteiger partial charge in [-0.05, 0) is 65.3 Å². The van der Waals surface area contributed by atoms with Crippen molar-refractivity contribution in [3.63, 3.8) is 0 Å². The number of hydrogen-bond donors (Lipinski definition) is 2. The van der Waals surface area contributed by atoms with Gasteiger partial charge >= 0.3 is 0 Å². The Labute approximate surface area is 211 Å². The molecule has 1 aromatic heterocycles. The Morgan fingerprint density at radius 3 is 2.44 bits per heavy atom. The van der Waals surface area contributed by atoms with Crippen molar-refractivity contribution in [2.75, 3.05) is 26.8 Å². The van der Waals surface area contributed by atoms with E-state index in [4.69, 9.17) is 14.6 Å².